The van der Waals surface area contributed by atoms with E-state index in [9.17, 15) is 9.59 Å². The lowest BCUT2D eigenvalue weighted by atomic mass is 10.1. The second kappa shape index (κ2) is 7.24. The van der Waals surface area contributed by atoms with E-state index in [0.717, 1.165) is 5.56 Å². The molecule has 21 heavy (non-hydrogen) atoms. The second-order valence-corrected chi connectivity index (χ2v) is 4.61. The highest BCUT2D eigenvalue weighted by atomic mass is 16.5. The van der Waals surface area contributed by atoms with Crippen molar-refractivity contribution in [3.05, 3.63) is 71.8 Å². The Kier molecular flexibility index (Phi) is 5.10. The summed E-state index contributed by atoms with van der Waals surface area (Å²) in [7, 11) is 0. The predicted molar refractivity (Wildman–Crippen MR) is 79.7 cm³/mol. The van der Waals surface area contributed by atoms with Gasteiger partial charge in [-0.1, -0.05) is 48.5 Å². The van der Waals surface area contributed by atoms with Gasteiger partial charge in [0.2, 0.25) is 5.91 Å². The molecule has 2 aromatic rings. The summed E-state index contributed by atoms with van der Waals surface area (Å²) in [5.41, 5.74) is 1.33. The number of hydrogen-bond acceptors (Lipinski definition) is 3. The van der Waals surface area contributed by atoms with Gasteiger partial charge in [-0.2, -0.15) is 0 Å². The molecular formula is C17H17NO3. The Morgan fingerprint density at radius 3 is 2.14 bits per heavy atom. The van der Waals surface area contributed by atoms with E-state index in [-0.39, 0.29) is 12.5 Å². The van der Waals surface area contributed by atoms with Crippen LogP contribution in [0.5, 0.6) is 0 Å². The summed E-state index contributed by atoms with van der Waals surface area (Å²) in [6.45, 7) is 1.68. The molecule has 0 saturated heterocycles. The Morgan fingerprint density at radius 2 is 1.57 bits per heavy atom. The molecule has 0 aromatic heterocycles. The van der Waals surface area contributed by atoms with Crippen LogP contribution in [0.3, 0.4) is 0 Å². The maximum Gasteiger partial charge on any atom is 0.338 e. The molecule has 0 spiro atoms. The second-order valence-electron chi connectivity index (χ2n) is 4.61. The summed E-state index contributed by atoms with van der Waals surface area (Å²) in [5, 5.41) is 2.68. The molecule has 0 heterocycles. The molecule has 0 aliphatic carbocycles. The summed E-state index contributed by atoms with van der Waals surface area (Å²) in [5.74, 6) is -0.568. The van der Waals surface area contributed by atoms with Gasteiger partial charge in [0, 0.05) is 6.92 Å². The molecule has 1 amide bonds. The molecule has 1 N–H and O–H groups in total. The quantitative estimate of drug-likeness (QED) is 0.858. The van der Waals surface area contributed by atoms with E-state index in [2.05, 4.69) is 5.32 Å². The van der Waals surface area contributed by atoms with Crippen molar-refractivity contribution in [1.82, 2.24) is 5.32 Å². The number of amides is 1. The molecule has 2 rings (SSSR count). The number of benzene rings is 2. The van der Waals surface area contributed by atoms with Gasteiger partial charge in [0.25, 0.3) is 0 Å². The van der Waals surface area contributed by atoms with Crippen LogP contribution in [0, 0.1) is 0 Å². The summed E-state index contributed by atoms with van der Waals surface area (Å²) in [6.07, 6.45) is -0.511. The van der Waals surface area contributed by atoms with Crippen molar-refractivity contribution in [3.8, 4) is 0 Å². The average Bonchev–Trinajstić information content (AvgIpc) is 2.52. The number of esters is 1. The third kappa shape index (κ3) is 4.45. The fraction of sp³-hybridized carbons (Fsp3) is 0.176. The molecule has 1 atom stereocenters. The summed E-state index contributed by atoms with van der Waals surface area (Å²) in [6, 6.07) is 18.1. The van der Waals surface area contributed by atoms with Crippen molar-refractivity contribution in [2.24, 2.45) is 0 Å². The van der Waals surface area contributed by atoms with Crippen LogP contribution in [0.25, 0.3) is 0 Å². The van der Waals surface area contributed by atoms with E-state index < -0.39 is 12.1 Å². The molecule has 4 nitrogen and oxygen atoms in total. The summed E-state index contributed by atoms with van der Waals surface area (Å²) < 4.78 is 5.52. The number of carbonyl (C=O) groups excluding carboxylic acids is 2. The van der Waals surface area contributed by atoms with Crippen LogP contribution in [0.2, 0.25) is 0 Å². The molecule has 108 valence electrons. The molecular weight excluding hydrogens is 266 g/mol. The third-order valence-electron chi connectivity index (χ3n) is 2.97. The predicted octanol–water partition coefficient (Wildman–Crippen LogP) is 2.72. The molecule has 0 bridgehead atoms. The first-order valence-electron chi connectivity index (χ1n) is 6.72. The molecule has 2 aromatic carbocycles. The first-order valence-corrected chi connectivity index (χ1v) is 6.72. The first-order chi connectivity index (χ1) is 10.2. The fourth-order valence-corrected chi connectivity index (χ4v) is 1.90. The van der Waals surface area contributed by atoms with Crippen LogP contribution in [-0.4, -0.2) is 18.4 Å². The van der Waals surface area contributed by atoms with Gasteiger partial charge in [-0.25, -0.2) is 4.79 Å². The van der Waals surface area contributed by atoms with E-state index in [1.165, 1.54) is 6.92 Å². The van der Waals surface area contributed by atoms with Gasteiger partial charge in [0.15, 0.2) is 0 Å². The van der Waals surface area contributed by atoms with E-state index in [0.29, 0.717) is 5.56 Å². The highest BCUT2D eigenvalue weighted by Gasteiger charge is 2.18. The molecule has 0 saturated carbocycles. The first kappa shape index (κ1) is 14.8. The minimum atomic E-state index is -0.511. The van der Waals surface area contributed by atoms with Crippen molar-refractivity contribution in [1.29, 1.82) is 0 Å². The maximum atomic E-state index is 12.1. The van der Waals surface area contributed by atoms with Crippen molar-refractivity contribution in [2.75, 3.05) is 6.54 Å². The number of ether oxygens (including phenoxy) is 1. The van der Waals surface area contributed by atoms with Crippen molar-refractivity contribution in [2.45, 2.75) is 13.0 Å². The topological polar surface area (TPSA) is 55.4 Å². The smallest absolute Gasteiger partial charge is 0.338 e. The molecule has 0 aliphatic rings. The lowest BCUT2D eigenvalue weighted by Gasteiger charge is -2.18. The van der Waals surface area contributed by atoms with Crippen LogP contribution in [-0.2, 0) is 9.53 Å². The maximum absolute atomic E-state index is 12.1. The van der Waals surface area contributed by atoms with E-state index in [1.807, 2.05) is 36.4 Å². The largest absolute Gasteiger partial charge is 0.452 e. The van der Waals surface area contributed by atoms with E-state index >= 15 is 0 Å². The zero-order valence-electron chi connectivity index (χ0n) is 11.8. The van der Waals surface area contributed by atoms with Crippen LogP contribution in [0.1, 0.15) is 28.9 Å². The minimum Gasteiger partial charge on any atom is -0.452 e. The highest BCUT2D eigenvalue weighted by molar-refractivity contribution is 5.89. The van der Waals surface area contributed by atoms with Crippen molar-refractivity contribution >= 4 is 11.9 Å². The van der Waals surface area contributed by atoms with Gasteiger partial charge < -0.3 is 10.1 Å². The number of nitrogens with one attached hydrogen (secondary N) is 1. The number of carbonyl (C=O) groups is 2. The Morgan fingerprint density at radius 1 is 1.00 bits per heavy atom. The zero-order valence-corrected chi connectivity index (χ0v) is 11.8. The van der Waals surface area contributed by atoms with E-state index in [1.54, 1.807) is 24.3 Å². The van der Waals surface area contributed by atoms with Crippen LogP contribution < -0.4 is 5.32 Å². The summed E-state index contributed by atoms with van der Waals surface area (Å²) in [4.78, 5) is 23.2. The third-order valence-corrected chi connectivity index (χ3v) is 2.97. The lowest BCUT2D eigenvalue weighted by molar-refractivity contribution is -0.119. The monoisotopic (exact) mass is 283 g/mol. The zero-order chi connectivity index (χ0) is 15.1. The van der Waals surface area contributed by atoms with Crippen molar-refractivity contribution in [3.63, 3.8) is 0 Å². The molecule has 0 aliphatic heterocycles. The normalized spacial score (nSPS) is 11.5. The Labute approximate surface area is 123 Å². The standard InChI is InChI=1S/C17H17NO3/c1-13(19)18-12-16(14-8-4-2-5-9-14)21-17(20)15-10-6-3-7-11-15/h2-11,16H,12H2,1H3,(H,18,19). The molecule has 0 radical (unpaired) electrons. The number of rotatable bonds is 5. The van der Waals surface area contributed by atoms with Gasteiger partial charge in [0.05, 0.1) is 12.1 Å². The fourth-order valence-electron chi connectivity index (χ4n) is 1.90. The summed E-state index contributed by atoms with van der Waals surface area (Å²) >= 11 is 0. The SMILES string of the molecule is CC(=O)NCC(OC(=O)c1ccccc1)c1ccccc1. The van der Waals surface area contributed by atoms with Gasteiger partial charge in [0.1, 0.15) is 6.10 Å². The van der Waals surface area contributed by atoms with Crippen molar-refractivity contribution < 1.29 is 14.3 Å². The van der Waals surface area contributed by atoms with Crippen LogP contribution in [0.4, 0.5) is 0 Å². The minimum absolute atomic E-state index is 0.160. The van der Waals surface area contributed by atoms with E-state index in [4.69, 9.17) is 4.74 Å². The van der Waals surface area contributed by atoms with Gasteiger partial charge in [-0.15, -0.1) is 0 Å². The Hall–Kier alpha value is -2.62. The molecule has 0 fully saturated rings. The number of hydrogen-bond donors (Lipinski definition) is 1. The molecule has 1 unspecified atom stereocenters. The lowest BCUT2D eigenvalue weighted by Crippen LogP contribution is -2.28. The van der Waals surface area contributed by atoms with Gasteiger partial charge in [-0.05, 0) is 17.7 Å². The van der Waals surface area contributed by atoms with Gasteiger partial charge >= 0.3 is 5.97 Å². The Bertz CT molecular complexity index is 596. The van der Waals surface area contributed by atoms with Gasteiger partial charge in [-0.3, -0.25) is 4.79 Å². The Balaban J connectivity index is 2.12. The van der Waals surface area contributed by atoms with Crippen LogP contribution in [0.15, 0.2) is 60.7 Å². The highest BCUT2D eigenvalue weighted by Crippen LogP contribution is 2.18. The average molecular weight is 283 g/mol. The van der Waals surface area contributed by atoms with Crippen LogP contribution >= 0.6 is 0 Å². The molecule has 4 heteroatoms.